The number of rotatable bonds is 7. The van der Waals surface area contributed by atoms with Gasteiger partial charge in [0, 0.05) is 25.7 Å². The molecule has 0 amide bonds. The first-order valence-corrected chi connectivity index (χ1v) is 10.9. The normalized spacial score (nSPS) is 17.0. The van der Waals surface area contributed by atoms with Crippen LogP contribution in [0.5, 0.6) is 0 Å². The average molecular weight is 389 g/mol. The fourth-order valence-electron chi connectivity index (χ4n) is 3.44. The summed E-state index contributed by atoms with van der Waals surface area (Å²) in [6.07, 6.45) is 0.802. The van der Waals surface area contributed by atoms with E-state index in [0.717, 1.165) is 30.6 Å². The third-order valence-electron chi connectivity index (χ3n) is 5.02. The lowest BCUT2D eigenvalue weighted by molar-refractivity contribution is 0.0177. The number of hydrogen-bond acceptors (Lipinski definition) is 4. The highest BCUT2D eigenvalue weighted by Crippen LogP contribution is 2.17. The van der Waals surface area contributed by atoms with Crippen LogP contribution >= 0.6 is 0 Å². The number of aryl methyl sites for hydroxylation is 2. The molecule has 0 radical (unpaired) electrons. The average Bonchev–Trinajstić information content (AvgIpc) is 2.68. The largest absolute Gasteiger partial charge is 0.379 e. The van der Waals surface area contributed by atoms with Crippen molar-refractivity contribution in [2.24, 2.45) is 0 Å². The Bertz CT molecular complexity index is 847. The molecule has 2 aromatic carbocycles. The smallest absolute Gasteiger partial charge is 0.240 e. The van der Waals surface area contributed by atoms with Gasteiger partial charge in [-0.1, -0.05) is 42.5 Å². The molecule has 1 aliphatic heterocycles. The summed E-state index contributed by atoms with van der Waals surface area (Å²) >= 11 is 0. The second-order valence-electron chi connectivity index (χ2n) is 7.11. The molecule has 1 atom stereocenters. The van der Waals surface area contributed by atoms with Crippen LogP contribution in [0.3, 0.4) is 0 Å². The third-order valence-corrected chi connectivity index (χ3v) is 6.58. The van der Waals surface area contributed by atoms with Crippen molar-refractivity contribution in [3.05, 3.63) is 65.2 Å². The molecule has 0 aliphatic carbocycles. The molecule has 27 heavy (non-hydrogen) atoms. The van der Waals surface area contributed by atoms with Crippen LogP contribution in [0.25, 0.3) is 0 Å². The maximum absolute atomic E-state index is 12.9. The van der Waals surface area contributed by atoms with Gasteiger partial charge in [0.1, 0.15) is 0 Å². The van der Waals surface area contributed by atoms with E-state index in [2.05, 4.69) is 21.8 Å². The zero-order valence-corrected chi connectivity index (χ0v) is 16.8. The van der Waals surface area contributed by atoms with Crippen molar-refractivity contribution in [2.45, 2.75) is 31.2 Å². The van der Waals surface area contributed by atoms with Crippen molar-refractivity contribution in [1.82, 2.24) is 9.62 Å². The van der Waals surface area contributed by atoms with Gasteiger partial charge in [0.15, 0.2) is 0 Å². The lowest BCUT2D eigenvalue weighted by Gasteiger charge is -2.34. The molecule has 1 aliphatic rings. The topological polar surface area (TPSA) is 58.6 Å². The summed E-state index contributed by atoms with van der Waals surface area (Å²) in [5.74, 6) is 0. The molecule has 3 rings (SSSR count). The monoisotopic (exact) mass is 388 g/mol. The van der Waals surface area contributed by atoms with E-state index >= 15 is 0 Å². The summed E-state index contributed by atoms with van der Waals surface area (Å²) in [6, 6.07) is 15.8. The van der Waals surface area contributed by atoms with Crippen LogP contribution in [0.1, 0.15) is 16.7 Å². The molecule has 146 valence electrons. The van der Waals surface area contributed by atoms with E-state index in [1.165, 1.54) is 5.56 Å². The summed E-state index contributed by atoms with van der Waals surface area (Å²) in [7, 11) is -3.55. The van der Waals surface area contributed by atoms with Gasteiger partial charge >= 0.3 is 0 Å². The van der Waals surface area contributed by atoms with Crippen molar-refractivity contribution >= 4 is 10.0 Å². The first kappa shape index (κ1) is 20.0. The minimum absolute atomic E-state index is 0.0937. The Morgan fingerprint density at radius 2 is 1.78 bits per heavy atom. The van der Waals surface area contributed by atoms with E-state index in [-0.39, 0.29) is 6.04 Å². The van der Waals surface area contributed by atoms with Gasteiger partial charge in [0.2, 0.25) is 10.0 Å². The molecule has 0 bridgehead atoms. The van der Waals surface area contributed by atoms with Gasteiger partial charge in [-0.3, -0.25) is 4.90 Å². The van der Waals surface area contributed by atoms with Gasteiger partial charge in [-0.15, -0.1) is 0 Å². The number of morpholine rings is 1. The van der Waals surface area contributed by atoms with Crippen molar-refractivity contribution < 1.29 is 13.2 Å². The molecule has 1 heterocycles. The molecule has 1 saturated heterocycles. The number of ether oxygens (including phenoxy) is 1. The van der Waals surface area contributed by atoms with E-state index in [4.69, 9.17) is 4.74 Å². The van der Waals surface area contributed by atoms with E-state index < -0.39 is 10.0 Å². The van der Waals surface area contributed by atoms with E-state index in [1.807, 2.05) is 44.2 Å². The van der Waals surface area contributed by atoms with Crippen LogP contribution in [0, 0.1) is 13.8 Å². The van der Waals surface area contributed by atoms with Gasteiger partial charge in [0.05, 0.1) is 18.1 Å². The van der Waals surface area contributed by atoms with Crippen LogP contribution in [0.15, 0.2) is 53.4 Å². The van der Waals surface area contributed by atoms with Crippen molar-refractivity contribution in [3.8, 4) is 0 Å². The number of hydrogen-bond donors (Lipinski definition) is 1. The van der Waals surface area contributed by atoms with Crippen molar-refractivity contribution in [2.75, 3.05) is 32.8 Å². The predicted octanol–water partition coefficient (Wildman–Crippen LogP) is 2.53. The number of nitrogens with one attached hydrogen (secondary N) is 1. The SMILES string of the molecule is Cc1ccc(C)c(S(=O)(=O)NCC(Cc2ccccc2)N2CCOCC2)c1. The molecule has 2 aromatic rings. The highest BCUT2D eigenvalue weighted by atomic mass is 32.2. The van der Waals surface area contributed by atoms with Crippen LogP contribution < -0.4 is 4.72 Å². The molecule has 1 fully saturated rings. The fraction of sp³-hybridized carbons (Fsp3) is 0.429. The van der Waals surface area contributed by atoms with Gasteiger partial charge in [-0.25, -0.2) is 13.1 Å². The Hall–Kier alpha value is -1.73. The molecule has 1 N–H and O–H groups in total. The zero-order chi connectivity index (χ0) is 19.3. The lowest BCUT2D eigenvalue weighted by atomic mass is 10.0. The van der Waals surface area contributed by atoms with Gasteiger partial charge in [-0.05, 0) is 43.0 Å². The summed E-state index contributed by atoms with van der Waals surface area (Å²) in [6.45, 7) is 7.14. The highest BCUT2D eigenvalue weighted by Gasteiger charge is 2.24. The van der Waals surface area contributed by atoms with Gasteiger partial charge < -0.3 is 4.74 Å². The standard InChI is InChI=1S/C21H28N2O3S/c1-17-8-9-18(2)21(14-17)27(24,25)22-16-20(23-10-12-26-13-11-23)15-19-6-4-3-5-7-19/h3-9,14,20,22H,10-13,15-16H2,1-2H3. The van der Waals surface area contributed by atoms with Crippen LogP contribution in [-0.4, -0.2) is 52.2 Å². The predicted molar refractivity (Wildman–Crippen MR) is 107 cm³/mol. The first-order chi connectivity index (χ1) is 13.0. The zero-order valence-electron chi connectivity index (χ0n) is 16.0. The number of benzene rings is 2. The molecule has 6 heteroatoms. The number of nitrogens with zero attached hydrogens (tertiary/aromatic N) is 1. The maximum Gasteiger partial charge on any atom is 0.240 e. The fourth-order valence-corrected chi connectivity index (χ4v) is 4.84. The lowest BCUT2D eigenvalue weighted by Crippen LogP contribution is -2.49. The third kappa shape index (κ3) is 5.39. The Kier molecular flexibility index (Phi) is 6.65. The van der Waals surface area contributed by atoms with E-state index in [1.54, 1.807) is 6.07 Å². The molecule has 0 spiro atoms. The molecule has 0 aromatic heterocycles. The first-order valence-electron chi connectivity index (χ1n) is 9.38. The van der Waals surface area contributed by atoms with Crippen LogP contribution in [0.2, 0.25) is 0 Å². The molecule has 1 unspecified atom stereocenters. The molecular formula is C21H28N2O3S. The summed E-state index contributed by atoms with van der Waals surface area (Å²) in [5.41, 5.74) is 2.91. The minimum Gasteiger partial charge on any atom is -0.379 e. The quantitative estimate of drug-likeness (QED) is 0.792. The van der Waals surface area contributed by atoms with Gasteiger partial charge in [-0.2, -0.15) is 0 Å². The minimum atomic E-state index is -3.55. The van der Waals surface area contributed by atoms with Crippen LogP contribution in [0.4, 0.5) is 0 Å². The Morgan fingerprint density at radius 1 is 1.07 bits per heavy atom. The molecular weight excluding hydrogens is 360 g/mol. The molecule has 5 nitrogen and oxygen atoms in total. The Morgan fingerprint density at radius 3 is 2.48 bits per heavy atom. The van der Waals surface area contributed by atoms with Crippen LogP contribution in [-0.2, 0) is 21.2 Å². The Balaban J connectivity index is 1.76. The second kappa shape index (κ2) is 8.97. The Labute approximate surface area is 162 Å². The summed E-state index contributed by atoms with van der Waals surface area (Å²) in [5, 5.41) is 0. The van der Waals surface area contributed by atoms with E-state index in [9.17, 15) is 8.42 Å². The van der Waals surface area contributed by atoms with Gasteiger partial charge in [0.25, 0.3) is 0 Å². The van der Waals surface area contributed by atoms with Crippen molar-refractivity contribution in [3.63, 3.8) is 0 Å². The van der Waals surface area contributed by atoms with Crippen molar-refractivity contribution in [1.29, 1.82) is 0 Å². The second-order valence-corrected chi connectivity index (χ2v) is 8.85. The summed E-state index contributed by atoms with van der Waals surface area (Å²) < 4.78 is 34.1. The summed E-state index contributed by atoms with van der Waals surface area (Å²) in [4.78, 5) is 2.69. The van der Waals surface area contributed by atoms with E-state index in [0.29, 0.717) is 24.7 Å². The maximum atomic E-state index is 12.9. The highest BCUT2D eigenvalue weighted by molar-refractivity contribution is 7.89. The number of sulfonamides is 1. The molecule has 0 saturated carbocycles.